The van der Waals surface area contributed by atoms with Gasteiger partial charge < -0.3 is 15.3 Å². The zero-order valence-electron chi connectivity index (χ0n) is 14.1. The highest BCUT2D eigenvalue weighted by Gasteiger charge is 2.27. The summed E-state index contributed by atoms with van der Waals surface area (Å²) in [4.78, 5) is 14.7. The van der Waals surface area contributed by atoms with Gasteiger partial charge in [0.1, 0.15) is 5.82 Å². The summed E-state index contributed by atoms with van der Waals surface area (Å²) in [5, 5.41) is 13.1. The molecule has 24 heavy (non-hydrogen) atoms. The molecule has 1 saturated carbocycles. The predicted octanol–water partition coefficient (Wildman–Crippen LogP) is 2.77. The summed E-state index contributed by atoms with van der Waals surface area (Å²) in [5.74, 6) is -0.558. The Labute approximate surface area is 143 Å². The Kier molecular flexibility index (Phi) is 5.85. The van der Waals surface area contributed by atoms with Crippen molar-refractivity contribution in [3.05, 3.63) is 35.6 Å². The van der Waals surface area contributed by atoms with Crippen molar-refractivity contribution in [3.8, 4) is 0 Å². The van der Waals surface area contributed by atoms with Crippen molar-refractivity contribution in [3.63, 3.8) is 0 Å². The third-order valence-corrected chi connectivity index (χ3v) is 5.35. The smallest absolute Gasteiger partial charge is 0.223 e. The van der Waals surface area contributed by atoms with Crippen LogP contribution in [0.3, 0.4) is 0 Å². The molecule has 1 saturated heterocycles. The van der Waals surface area contributed by atoms with Gasteiger partial charge >= 0.3 is 0 Å². The van der Waals surface area contributed by atoms with Crippen molar-refractivity contribution in [2.24, 2.45) is 0 Å². The summed E-state index contributed by atoms with van der Waals surface area (Å²) in [6.45, 7) is 2.09. The molecule has 1 aromatic carbocycles. The molecule has 2 N–H and O–H groups in total. The molecule has 0 bridgehead atoms. The van der Waals surface area contributed by atoms with Crippen LogP contribution in [0, 0.1) is 5.82 Å². The highest BCUT2D eigenvalue weighted by atomic mass is 19.1. The monoisotopic (exact) mass is 334 g/mol. The maximum atomic E-state index is 13.2. The molecular formula is C19H27FN2O2. The number of amides is 1. The maximum absolute atomic E-state index is 13.2. The first-order valence-corrected chi connectivity index (χ1v) is 9.09. The summed E-state index contributed by atoms with van der Waals surface area (Å²) in [6.07, 6.45) is 6.29. The van der Waals surface area contributed by atoms with Gasteiger partial charge in [0.15, 0.2) is 0 Å². The first-order chi connectivity index (χ1) is 11.6. The molecule has 1 atom stereocenters. The molecule has 2 aliphatic rings. The van der Waals surface area contributed by atoms with Crippen LogP contribution >= 0.6 is 0 Å². The van der Waals surface area contributed by atoms with Gasteiger partial charge in [0.25, 0.3) is 0 Å². The number of rotatable bonds is 5. The predicted molar refractivity (Wildman–Crippen MR) is 91.0 cm³/mol. The number of carbonyl (C=O) groups excluding carboxylic acids is 1. The molecule has 1 aliphatic heterocycles. The van der Waals surface area contributed by atoms with Crippen LogP contribution in [0.15, 0.2) is 24.3 Å². The molecule has 1 amide bonds. The van der Waals surface area contributed by atoms with E-state index in [-0.39, 0.29) is 18.4 Å². The molecule has 1 heterocycles. The Morgan fingerprint density at radius 3 is 2.62 bits per heavy atom. The third kappa shape index (κ3) is 4.54. The standard InChI is InChI=1S/C19H27FN2O2/c20-15-5-3-4-14(12-15)18(23)13-19(24)21-16-8-10-22(11-9-16)17-6-1-2-7-17/h3-5,12,16-18,23H,1-2,6-11,13H2,(H,21,24). The number of nitrogens with one attached hydrogen (secondary N) is 1. The largest absolute Gasteiger partial charge is 0.388 e. The number of likely N-dealkylation sites (tertiary alicyclic amines) is 1. The van der Waals surface area contributed by atoms with E-state index in [0.29, 0.717) is 5.56 Å². The highest BCUT2D eigenvalue weighted by Crippen LogP contribution is 2.26. The number of carbonyl (C=O) groups is 1. The molecule has 4 nitrogen and oxygen atoms in total. The lowest BCUT2D eigenvalue weighted by Crippen LogP contribution is -2.47. The topological polar surface area (TPSA) is 52.6 Å². The van der Waals surface area contributed by atoms with Gasteiger partial charge in [-0.2, -0.15) is 0 Å². The molecule has 3 rings (SSSR count). The van der Waals surface area contributed by atoms with Gasteiger partial charge in [-0.1, -0.05) is 25.0 Å². The van der Waals surface area contributed by atoms with E-state index in [1.807, 2.05) is 0 Å². The van der Waals surface area contributed by atoms with Gasteiger partial charge in [-0.25, -0.2) is 4.39 Å². The Morgan fingerprint density at radius 1 is 1.25 bits per heavy atom. The van der Waals surface area contributed by atoms with Crippen LogP contribution < -0.4 is 5.32 Å². The molecule has 0 radical (unpaired) electrons. The number of hydrogen-bond acceptors (Lipinski definition) is 3. The molecule has 1 aliphatic carbocycles. The second-order valence-electron chi connectivity index (χ2n) is 7.09. The van der Waals surface area contributed by atoms with Gasteiger partial charge in [-0.15, -0.1) is 0 Å². The minimum absolute atomic E-state index is 0.0215. The summed E-state index contributed by atoms with van der Waals surface area (Å²) < 4.78 is 13.2. The average molecular weight is 334 g/mol. The van der Waals surface area contributed by atoms with Crippen LogP contribution in [0.4, 0.5) is 4.39 Å². The van der Waals surface area contributed by atoms with Crippen molar-refractivity contribution < 1.29 is 14.3 Å². The lowest BCUT2D eigenvalue weighted by atomic mass is 10.0. The van der Waals surface area contributed by atoms with E-state index in [1.54, 1.807) is 12.1 Å². The summed E-state index contributed by atoms with van der Waals surface area (Å²) in [5.41, 5.74) is 0.446. The number of benzene rings is 1. The minimum Gasteiger partial charge on any atom is -0.388 e. The van der Waals surface area contributed by atoms with Gasteiger partial charge in [-0.05, 0) is 43.4 Å². The fraction of sp³-hybridized carbons (Fsp3) is 0.632. The second kappa shape index (κ2) is 8.08. The molecule has 1 aromatic rings. The Bertz CT molecular complexity index is 552. The molecule has 132 valence electrons. The lowest BCUT2D eigenvalue weighted by Gasteiger charge is -2.36. The van der Waals surface area contributed by atoms with Crippen LogP contribution in [-0.2, 0) is 4.79 Å². The average Bonchev–Trinajstić information content (AvgIpc) is 3.10. The number of aliphatic hydroxyl groups excluding tert-OH is 1. The van der Waals surface area contributed by atoms with Crippen LogP contribution in [0.5, 0.6) is 0 Å². The van der Waals surface area contributed by atoms with Crippen LogP contribution in [0.25, 0.3) is 0 Å². The first-order valence-electron chi connectivity index (χ1n) is 9.09. The molecule has 5 heteroatoms. The van der Waals surface area contributed by atoms with Crippen molar-refractivity contribution in [1.29, 1.82) is 0 Å². The van der Waals surface area contributed by atoms with Crippen LogP contribution in [0.1, 0.15) is 56.6 Å². The van der Waals surface area contributed by atoms with E-state index < -0.39 is 11.9 Å². The quantitative estimate of drug-likeness (QED) is 0.871. The van der Waals surface area contributed by atoms with Crippen molar-refractivity contribution in [2.45, 2.75) is 63.1 Å². The van der Waals surface area contributed by atoms with E-state index in [4.69, 9.17) is 0 Å². The van der Waals surface area contributed by atoms with Crippen LogP contribution in [-0.4, -0.2) is 41.1 Å². The number of aliphatic hydroxyl groups is 1. The molecule has 1 unspecified atom stereocenters. The SMILES string of the molecule is O=C(CC(O)c1cccc(F)c1)NC1CCN(C2CCCC2)CC1. The Hall–Kier alpha value is -1.46. The molecule has 0 aromatic heterocycles. The van der Waals surface area contributed by atoms with E-state index >= 15 is 0 Å². The Morgan fingerprint density at radius 2 is 1.96 bits per heavy atom. The molecule has 0 spiro atoms. The second-order valence-corrected chi connectivity index (χ2v) is 7.09. The zero-order chi connectivity index (χ0) is 16.9. The van der Waals surface area contributed by atoms with E-state index in [0.717, 1.165) is 32.0 Å². The summed E-state index contributed by atoms with van der Waals surface area (Å²) >= 11 is 0. The Balaban J connectivity index is 1.42. The first kappa shape index (κ1) is 17.4. The van der Waals surface area contributed by atoms with E-state index in [1.165, 1.54) is 37.8 Å². The summed E-state index contributed by atoms with van der Waals surface area (Å²) in [6, 6.07) is 6.73. The summed E-state index contributed by atoms with van der Waals surface area (Å²) in [7, 11) is 0. The van der Waals surface area contributed by atoms with E-state index in [9.17, 15) is 14.3 Å². The number of hydrogen-bond donors (Lipinski definition) is 2. The third-order valence-electron chi connectivity index (χ3n) is 5.35. The van der Waals surface area contributed by atoms with Gasteiger partial charge in [0.05, 0.1) is 12.5 Å². The highest BCUT2D eigenvalue weighted by molar-refractivity contribution is 5.77. The van der Waals surface area contributed by atoms with Crippen molar-refractivity contribution in [1.82, 2.24) is 10.2 Å². The molecular weight excluding hydrogens is 307 g/mol. The maximum Gasteiger partial charge on any atom is 0.223 e. The number of piperidine rings is 1. The van der Waals surface area contributed by atoms with Crippen LogP contribution in [0.2, 0.25) is 0 Å². The number of halogens is 1. The zero-order valence-corrected chi connectivity index (χ0v) is 14.1. The fourth-order valence-corrected chi connectivity index (χ4v) is 3.97. The fourth-order valence-electron chi connectivity index (χ4n) is 3.97. The van der Waals surface area contributed by atoms with Gasteiger partial charge in [0.2, 0.25) is 5.91 Å². The minimum atomic E-state index is -0.959. The normalized spacial score (nSPS) is 21.8. The van der Waals surface area contributed by atoms with Gasteiger partial charge in [0, 0.05) is 25.2 Å². The van der Waals surface area contributed by atoms with E-state index in [2.05, 4.69) is 10.2 Å². The molecule has 2 fully saturated rings. The van der Waals surface area contributed by atoms with Crippen molar-refractivity contribution >= 4 is 5.91 Å². The number of nitrogens with zero attached hydrogens (tertiary/aromatic N) is 1. The van der Waals surface area contributed by atoms with Crippen molar-refractivity contribution in [2.75, 3.05) is 13.1 Å². The van der Waals surface area contributed by atoms with Gasteiger partial charge in [-0.3, -0.25) is 4.79 Å². The lowest BCUT2D eigenvalue weighted by molar-refractivity contribution is -0.124.